The molecule has 0 aliphatic carbocycles. The lowest BCUT2D eigenvalue weighted by atomic mass is 10.0. The fourth-order valence-corrected chi connectivity index (χ4v) is 2.61. The third kappa shape index (κ3) is 3.30. The van der Waals surface area contributed by atoms with E-state index in [1.165, 1.54) is 0 Å². The van der Waals surface area contributed by atoms with Crippen LogP contribution in [0.15, 0.2) is 24.3 Å². The van der Waals surface area contributed by atoms with Crippen molar-refractivity contribution in [3.63, 3.8) is 0 Å². The van der Waals surface area contributed by atoms with Crippen molar-refractivity contribution in [3.05, 3.63) is 35.0 Å². The molecule has 0 saturated heterocycles. The highest BCUT2D eigenvalue weighted by atomic mass is 35.5. The summed E-state index contributed by atoms with van der Waals surface area (Å²) < 4.78 is 0. The summed E-state index contributed by atoms with van der Waals surface area (Å²) in [6.07, 6.45) is 0.759. The monoisotopic (exact) mass is 280 g/mol. The molecule has 1 aromatic carbocycles. The maximum atomic E-state index is 9.08. The van der Waals surface area contributed by atoms with Gasteiger partial charge in [-0.25, -0.2) is 0 Å². The Labute approximate surface area is 119 Å². The van der Waals surface area contributed by atoms with Crippen molar-refractivity contribution in [1.29, 1.82) is 0 Å². The first-order valence-corrected chi connectivity index (χ1v) is 7.10. The molecule has 0 spiro atoms. The standard InChI is InChI=1S/C15H21ClN2O/c1-10(2)12(7-8-19)17-9-14-15(16)11-5-3-4-6-13(11)18-14/h3-6,10,12,17-19H,7-9H2,1-2H3. The Morgan fingerprint density at radius 3 is 2.68 bits per heavy atom. The summed E-state index contributed by atoms with van der Waals surface area (Å²) in [5.41, 5.74) is 2.07. The van der Waals surface area contributed by atoms with Crippen LogP contribution in [0.5, 0.6) is 0 Å². The predicted octanol–water partition coefficient (Wildman–Crippen LogP) is 3.32. The molecular formula is C15H21ClN2O. The van der Waals surface area contributed by atoms with Gasteiger partial charge in [0.05, 0.1) is 5.02 Å². The first-order chi connectivity index (χ1) is 9.13. The van der Waals surface area contributed by atoms with Gasteiger partial charge >= 0.3 is 0 Å². The van der Waals surface area contributed by atoms with E-state index in [2.05, 4.69) is 24.1 Å². The number of aromatic nitrogens is 1. The second-order valence-electron chi connectivity index (χ2n) is 5.21. The molecule has 0 radical (unpaired) electrons. The van der Waals surface area contributed by atoms with Crippen LogP contribution >= 0.6 is 11.6 Å². The van der Waals surface area contributed by atoms with E-state index in [4.69, 9.17) is 16.7 Å². The second kappa shape index (κ2) is 6.42. The number of hydrogen-bond acceptors (Lipinski definition) is 2. The zero-order valence-corrected chi connectivity index (χ0v) is 12.2. The number of hydrogen-bond donors (Lipinski definition) is 3. The van der Waals surface area contributed by atoms with E-state index in [-0.39, 0.29) is 6.61 Å². The summed E-state index contributed by atoms with van der Waals surface area (Å²) >= 11 is 6.38. The number of aliphatic hydroxyl groups excluding tert-OH is 1. The second-order valence-corrected chi connectivity index (χ2v) is 5.58. The minimum absolute atomic E-state index is 0.205. The van der Waals surface area contributed by atoms with Gasteiger partial charge in [-0.15, -0.1) is 0 Å². The molecule has 1 atom stereocenters. The van der Waals surface area contributed by atoms with E-state index < -0.39 is 0 Å². The minimum Gasteiger partial charge on any atom is -0.396 e. The lowest BCUT2D eigenvalue weighted by Crippen LogP contribution is -2.34. The van der Waals surface area contributed by atoms with Gasteiger partial charge in [0.15, 0.2) is 0 Å². The number of nitrogens with one attached hydrogen (secondary N) is 2. The van der Waals surface area contributed by atoms with E-state index in [1.807, 2.05) is 24.3 Å². The smallest absolute Gasteiger partial charge is 0.0705 e. The SMILES string of the molecule is CC(C)C(CCO)NCc1[nH]c2ccccc2c1Cl. The van der Waals surface area contributed by atoms with E-state index >= 15 is 0 Å². The van der Waals surface area contributed by atoms with Crippen molar-refractivity contribution >= 4 is 22.5 Å². The van der Waals surface area contributed by atoms with Gasteiger partial charge in [-0.05, 0) is 18.4 Å². The largest absolute Gasteiger partial charge is 0.396 e. The molecule has 2 rings (SSSR count). The van der Waals surface area contributed by atoms with Crippen molar-refractivity contribution < 1.29 is 5.11 Å². The first kappa shape index (κ1) is 14.4. The molecule has 4 heteroatoms. The van der Waals surface area contributed by atoms with Crippen molar-refractivity contribution in [2.24, 2.45) is 5.92 Å². The van der Waals surface area contributed by atoms with Crippen LogP contribution < -0.4 is 5.32 Å². The van der Waals surface area contributed by atoms with Gasteiger partial charge in [-0.2, -0.15) is 0 Å². The summed E-state index contributed by atoms with van der Waals surface area (Å²) in [6, 6.07) is 8.33. The van der Waals surface area contributed by atoms with Gasteiger partial charge in [0, 0.05) is 35.8 Å². The Hall–Kier alpha value is -1.03. The number of aromatic amines is 1. The number of benzene rings is 1. The van der Waals surface area contributed by atoms with E-state index in [0.29, 0.717) is 18.5 Å². The number of halogens is 1. The summed E-state index contributed by atoms with van der Waals surface area (Å²) in [6.45, 7) is 5.20. The highest BCUT2D eigenvalue weighted by molar-refractivity contribution is 6.36. The van der Waals surface area contributed by atoms with Crippen LogP contribution in [0.25, 0.3) is 10.9 Å². The van der Waals surface area contributed by atoms with Crippen LogP contribution in [-0.2, 0) is 6.54 Å². The zero-order valence-electron chi connectivity index (χ0n) is 11.4. The molecule has 1 unspecified atom stereocenters. The number of fused-ring (bicyclic) bond motifs is 1. The predicted molar refractivity (Wildman–Crippen MR) is 80.5 cm³/mol. The summed E-state index contributed by atoms with van der Waals surface area (Å²) in [7, 11) is 0. The van der Waals surface area contributed by atoms with Gasteiger partial charge < -0.3 is 15.4 Å². The molecule has 19 heavy (non-hydrogen) atoms. The maximum Gasteiger partial charge on any atom is 0.0705 e. The molecule has 3 nitrogen and oxygen atoms in total. The van der Waals surface area contributed by atoms with Crippen LogP contribution in [0, 0.1) is 5.92 Å². The molecule has 1 aromatic heterocycles. The van der Waals surface area contributed by atoms with Crippen molar-refractivity contribution in [2.45, 2.75) is 32.9 Å². The molecule has 0 fully saturated rings. The number of para-hydroxylation sites is 1. The third-order valence-electron chi connectivity index (χ3n) is 3.50. The molecular weight excluding hydrogens is 260 g/mol. The van der Waals surface area contributed by atoms with E-state index in [0.717, 1.165) is 28.0 Å². The van der Waals surface area contributed by atoms with Crippen LogP contribution in [-0.4, -0.2) is 22.7 Å². The molecule has 104 valence electrons. The Bertz CT molecular complexity index is 536. The van der Waals surface area contributed by atoms with Crippen LogP contribution in [0.1, 0.15) is 26.0 Å². The van der Waals surface area contributed by atoms with Crippen LogP contribution in [0.4, 0.5) is 0 Å². The normalized spacial score (nSPS) is 13.3. The molecule has 1 heterocycles. The van der Waals surface area contributed by atoms with Gasteiger partial charge in [-0.3, -0.25) is 0 Å². The fourth-order valence-electron chi connectivity index (χ4n) is 2.33. The minimum atomic E-state index is 0.205. The van der Waals surface area contributed by atoms with Gasteiger partial charge in [-0.1, -0.05) is 43.6 Å². The van der Waals surface area contributed by atoms with Crippen molar-refractivity contribution in [2.75, 3.05) is 6.61 Å². The third-order valence-corrected chi connectivity index (χ3v) is 3.93. The molecule has 0 amide bonds. The molecule has 0 aliphatic heterocycles. The quantitative estimate of drug-likeness (QED) is 0.760. The Balaban J connectivity index is 2.10. The summed E-state index contributed by atoms with van der Waals surface area (Å²) in [5, 5.41) is 14.4. The molecule has 0 saturated carbocycles. The summed E-state index contributed by atoms with van der Waals surface area (Å²) in [4.78, 5) is 3.34. The summed E-state index contributed by atoms with van der Waals surface area (Å²) in [5.74, 6) is 0.482. The fraction of sp³-hybridized carbons (Fsp3) is 0.467. The first-order valence-electron chi connectivity index (χ1n) is 6.72. The lowest BCUT2D eigenvalue weighted by Gasteiger charge is -2.21. The Morgan fingerprint density at radius 2 is 2.05 bits per heavy atom. The van der Waals surface area contributed by atoms with Crippen molar-refractivity contribution in [3.8, 4) is 0 Å². The van der Waals surface area contributed by atoms with E-state index in [1.54, 1.807) is 0 Å². The molecule has 3 N–H and O–H groups in total. The topological polar surface area (TPSA) is 48.0 Å². The Morgan fingerprint density at radius 1 is 1.32 bits per heavy atom. The Kier molecular flexibility index (Phi) is 4.86. The lowest BCUT2D eigenvalue weighted by molar-refractivity contribution is 0.243. The van der Waals surface area contributed by atoms with Crippen LogP contribution in [0.3, 0.4) is 0 Å². The molecule has 0 aliphatic rings. The zero-order chi connectivity index (χ0) is 13.8. The van der Waals surface area contributed by atoms with E-state index in [9.17, 15) is 0 Å². The molecule has 2 aromatic rings. The maximum absolute atomic E-state index is 9.08. The van der Waals surface area contributed by atoms with Gasteiger partial charge in [0.25, 0.3) is 0 Å². The van der Waals surface area contributed by atoms with Crippen LogP contribution in [0.2, 0.25) is 5.02 Å². The average Bonchev–Trinajstić information content (AvgIpc) is 2.72. The number of rotatable bonds is 6. The van der Waals surface area contributed by atoms with Gasteiger partial charge in [0.1, 0.15) is 0 Å². The molecule has 0 bridgehead atoms. The number of aliphatic hydroxyl groups is 1. The van der Waals surface area contributed by atoms with Gasteiger partial charge in [0.2, 0.25) is 0 Å². The number of H-pyrrole nitrogens is 1. The highest BCUT2D eigenvalue weighted by Gasteiger charge is 2.14. The average molecular weight is 281 g/mol. The van der Waals surface area contributed by atoms with Crippen molar-refractivity contribution in [1.82, 2.24) is 10.3 Å². The highest BCUT2D eigenvalue weighted by Crippen LogP contribution is 2.27.